The van der Waals surface area contributed by atoms with Crippen LogP contribution >= 0.6 is 11.3 Å². The lowest BCUT2D eigenvalue weighted by atomic mass is 10.1. The molecule has 0 atom stereocenters. The highest BCUT2D eigenvalue weighted by Gasteiger charge is 2.10. The van der Waals surface area contributed by atoms with Crippen molar-refractivity contribution in [2.45, 2.75) is 0 Å². The van der Waals surface area contributed by atoms with Gasteiger partial charge >= 0.3 is 0 Å². The molecule has 2 aromatic heterocycles. The lowest BCUT2D eigenvalue weighted by Crippen LogP contribution is -1.81. The van der Waals surface area contributed by atoms with E-state index in [0.717, 1.165) is 5.69 Å². The standard InChI is InChI=1S/C19H13NS/c1-3-7-14(8-4-1)17-13-16-11-12-20-18(19(16)21-17)15-9-5-2-6-10-15/h1-13H. The second kappa shape index (κ2) is 5.15. The fraction of sp³-hybridized carbons (Fsp3) is 0. The largest absolute Gasteiger partial charge is 0.255 e. The van der Waals surface area contributed by atoms with E-state index in [0.29, 0.717) is 0 Å². The number of pyridine rings is 1. The maximum atomic E-state index is 4.59. The monoisotopic (exact) mass is 287 g/mol. The van der Waals surface area contributed by atoms with Crippen molar-refractivity contribution in [3.63, 3.8) is 0 Å². The minimum atomic E-state index is 1.07. The molecular formula is C19H13NS. The number of hydrogen-bond acceptors (Lipinski definition) is 2. The van der Waals surface area contributed by atoms with Gasteiger partial charge in [-0.15, -0.1) is 11.3 Å². The Hall–Kier alpha value is -2.45. The molecule has 0 aliphatic rings. The summed E-state index contributed by atoms with van der Waals surface area (Å²) in [5, 5.41) is 1.26. The van der Waals surface area contributed by atoms with E-state index in [1.807, 2.05) is 29.7 Å². The molecule has 2 heteroatoms. The highest BCUT2D eigenvalue weighted by atomic mass is 32.1. The molecule has 4 aromatic rings. The number of rotatable bonds is 2. The van der Waals surface area contributed by atoms with E-state index in [2.05, 4.69) is 65.6 Å². The summed E-state index contributed by atoms with van der Waals surface area (Å²) in [5.41, 5.74) is 3.50. The molecule has 21 heavy (non-hydrogen) atoms. The maximum absolute atomic E-state index is 4.59. The van der Waals surface area contributed by atoms with Crippen LogP contribution in [-0.2, 0) is 0 Å². The molecule has 0 saturated carbocycles. The fourth-order valence-corrected chi connectivity index (χ4v) is 3.68. The summed E-state index contributed by atoms with van der Waals surface area (Å²) >= 11 is 1.81. The van der Waals surface area contributed by atoms with Gasteiger partial charge in [-0.2, -0.15) is 0 Å². The van der Waals surface area contributed by atoms with Gasteiger partial charge in [0.25, 0.3) is 0 Å². The zero-order valence-electron chi connectivity index (χ0n) is 11.4. The average molecular weight is 287 g/mol. The summed E-state index contributed by atoms with van der Waals surface area (Å²) < 4.78 is 1.25. The van der Waals surface area contributed by atoms with Gasteiger partial charge in [0, 0.05) is 16.6 Å². The zero-order chi connectivity index (χ0) is 14.1. The number of fused-ring (bicyclic) bond motifs is 1. The first-order valence-electron chi connectivity index (χ1n) is 6.91. The molecule has 0 unspecified atom stereocenters. The number of thiophene rings is 1. The van der Waals surface area contributed by atoms with E-state index < -0.39 is 0 Å². The highest BCUT2D eigenvalue weighted by molar-refractivity contribution is 7.22. The lowest BCUT2D eigenvalue weighted by molar-refractivity contribution is 1.37. The van der Waals surface area contributed by atoms with E-state index >= 15 is 0 Å². The van der Waals surface area contributed by atoms with Crippen molar-refractivity contribution in [2.75, 3.05) is 0 Å². The Kier molecular flexibility index (Phi) is 3.02. The first kappa shape index (κ1) is 12.3. The van der Waals surface area contributed by atoms with E-state index in [4.69, 9.17) is 0 Å². The predicted molar refractivity (Wildman–Crippen MR) is 90.5 cm³/mol. The summed E-state index contributed by atoms with van der Waals surface area (Å²) in [6.07, 6.45) is 1.90. The second-order valence-corrected chi connectivity index (χ2v) is 5.97. The Bertz CT molecular complexity index is 879. The molecule has 2 aromatic carbocycles. The van der Waals surface area contributed by atoms with Crippen LogP contribution in [0.1, 0.15) is 0 Å². The predicted octanol–water partition coefficient (Wildman–Crippen LogP) is 5.63. The van der Waals surface area contributed by atoms with E-state index in [1.54, 1.807) is 0 Å². The van der Waals surface area contributed by atoms with Crippen molar-refractivity contribution < 1.29 is 0 Å². The topological polar surface area (TPSA) is 12.9 Å². The van der Waals surface area contributed by atoms with Crippen molar-refractivity contribution >= 4 is 21.4 Å². The molecular weight excluding hydrogens is 274 g/mol. The minimum absolute atomic E-state index is 1.07. The third-order valence-electron chi connectivity index (χ3n) is 3.54. The molecule has 1 nitrogen and oxygen atoms in total. The number of aromatic nitrogens is 1. The average Bonchev–Trinajstić information content (AvgIpc) is 3.00. The van der Waals surface area contributed by atoms with Crippen LogP contribution in [0, 0.1) is 0 Å². The van der Waals surface area contributed by atoms with Gasteiger partial charge in [0.05, 0.1) is 10.4 Å². The minimum Gasteiger partial charge on any atom is -0.255 e. The molecule has 100 valence electrons. The van der Waals surface area contributed by atoms with Crippen molar-refractivity contribution in [3.8, 4) is 21.7 Å². The third-order valence-corrected chi connectivity index (χ3v) is 4.75. The summed E-state index contributed by atoms with van der Waals surface area (Å²) in [7, 11) is 0. The molecule has 0 saturated heterocycles. The molecule has 0 radical (unpaired) electrons. The highest BCUT2D eigenvalue weighted by Crippen LogP contribution is 2.37. The normalized spacial score (nSPS) is 10.9. The van der Waals surface area contributed by atoms with Crippen LogP contribution < -0.4 is 0 Å². The van der Waals surface area contributed by atoms with Gasteiger partial charge in [0.15, 0.2) is 0 Å². The smallest absolute Gasteiger partial charge is 0.0880 e. The molecule has 0 fully saturated rings. The van der Waals surface area contributed by atoms with Crippen LogP contribution in [0.5, 0.6) is 0 Å². The third kappa shape index (κ3) is 2.24. The van der Waals surface area contributed by atoms with Crippen molar-refractivity contribution in [1.29, 1.82) is 0 Å². The molecule has 0 aliphatic carbocycles. The Balaban J connectivity index is 1.93. The van der Waals surface area contributed by atoms with E-state index in [1.165, 1.54) is 26.1 Å². The summed E-state index contributed by atoms with van der Waals surface area (Å²) in [6, 6.07) is 25.2. The Morgan fingerprint density at radius 2 is 1.38 bits per heavy atom. The molecule has 0 bridgehead atoms. The first-order valence-corrected chi connectivity index (χ1v) is 7.73. The maximum Gasteiger partial charge on any atom is 0.0880 e. The molecule has 0 spiro atoms. The number of nitrogens with zero attached hydrogens (tertiary/aromatic N) is 1. The van der Waals surface area contributed by atoms with Gasteiger partial charge in [-0.05, 0) is 23.1 Å². The number of benzene rings is 2. The summed E-state index contributed by atoms with van der Waals surface area (Å²) in [6.45, 7) is 0. The Morgan fingerprint density at radius 1 is 0.714 bits per heavy atom. The van der Waals surface area contributed by atoms with Crippen LogP contribution in [0.2, 0.25) is 0 Å². The molecule has 2 heterocycles. The molecule has 0 N–H and O–H groups in total. The molecule has 4 rings (SSSR count). The SMILES string of the molecule is c1ccc(-c2cc3ccnc(-c4ccccc4)c3s2)cc1. The summed E-state index contributed by atoms with van der Waals surface area (Å²) in [4.78, 5) is 5.88. The van der Waals surface area contributed by atoms with Crippen molar-refractivity contribution in [2.24, 2.45) is 0 Å². The van der Waals surface area contributed by atoms with Gasteiger partial charge in [-0.3, -0.25) is 4.98 Å². The Morgan fingerprint density at radius 3 is 2.10 bits per heavy atom. The zero-order valence-corrected chi connectivity index (χ0v) is 12.2. The van der Waals surface area contributed by atoms with Gasteiger partial charge in [0.2, 0.25) is 0 Å². The van der Waals surface area contributed by atoms with Crippen LogP contribution in [-0.4, -0.2) is 4.98 Å². The first-order chi connectivity index (χ1) is 10.4. The van der Waals surface area contributed by atoms with Crippen LogP contribution in [0.3, 0.4) is 0 Å². The van der Waals surface area contributed by atoms with E-state index in [9.17, 15) is 0 Å². The lowest BCUT2D eigenvalue weighted by Gasteiger charge is -2.01. The quantitative estimate of drug-likeness (QED) is 0.465. The van der Waals surface area contributed by atoms with Gasteiger partial charge in [-0.1, -0.05) is 60.7 Å². The van der Waals surface area contributed by atoms with E-state index in [-0.39, 0.29) is 0 Å². The van der Waals surface area contributed by atoms with Gasteiger partial charge < -0.3 is 0 Å². The molecule has 0 amide bonds. The van der Waals surface area contributed by atoms with Gasteiger partial charge in [-0.25, -0.2) is 0 Å². The molecule has 0 aliphatic heterocycles. The van der Waals surface area contributed by atoms with Crippen LogP contribution in [0.25, 0.3) is 31.8 Å². The van der Waals surface area contributed by atoms with Crippen molar-refractivity contribution in [3.05, 3.63) is 79.0 Å². The van der Waals surface area contributed by atoms with Crippen LogP contribution in [0.4, 0.5) is 0 Å². The second-order valence-electron chi connectivity index (χ2n) is 4.92. The number of hydrogen-bond donors (Lipinski definition) is 0. The summed E-state index contributed by atoms with van der Waals surface area (Å²) in [5.74, 6) is 0. The fourth-order valence-electron chi connectivity index (χ4n) is 2.51. The van der Waals surface area contributed by atoms with Crippen molar-refractivity contribution in [1.82, 2.24) is 4.98 Å². The van der Waals surface area contributed by atoms with Gasteiger partial charge in [0.1, 0.15) is 0 Å². The Labute approximate surface area is 127 Å². The van der Waals surface area contributed by atoms with Crippen LogP contribution in [0.15, 0.2) is 79.0 Å².